The van der Waals surface area contributed by atoms with Gasteiger partial charge in [-0.25, -0.2) is 13.6 Å². The molecule has 2 bridgehead atoms. The Labute approximate surface area is 332 Å². The maximum absolute atomic E-state index is 17.2. The first-order chi connectivity index (χ1) is 26.8. The lowest BCUT2D eigenvalue weighted by molar-refractivity contribution is -0.137. The van der Waals surface area contributed by atoms with Crippen molar-refractivity contribution in [2.45, 2.75) is 89.4 Å². The molecule has 3 atom stereocenters. The zero-order chi connectivity index (χ0) is 39.7. The number of fused-ring (bicyclic) bond motifs is 4. The number of carboxylic acid groups (broad SMARTS) is 1. The van der Waals surface area contributed by atoms with E-state index in [4.69, 9.17) is 35.9 Å². The number of aliphatic carboxylic acids is 1. The molecule has 3 aliphatic rings. The second-order valence-corrected chi connectivity index (χ2v) is 16.9. The summed E-state index contributed by atoms with van der Waals surface area (Å²) in [6, 6.07) is 6.15. The summed E-state index contributed by atoms with van der Waals surface area (Å²) < 4.78 is 50.0. The SMILES string of the molecule is CC(C)(C)OC(=O)N1C2CCC1CN(c1nc(OC[C@@H]3CCCN3CCCOCCCC(=O)O)nc3c(F)c(-c4ccc(F)c5scc(C#N)c45)c(Cl)cc13)C2. The Morgan fingerprint density at radius 3 is 2.57 bits per heavy atom. The van der Waals surface area contributed by atoms with Crippen LogP contribution in [0.15, 0.2) is 23.6 Å². The number of amides is 1. The van der Waals surface area contributed by atoms with Gasteiger partial charge in [0.25, 0.3) is 0 Å². The van der Waals surface area contributed by atoms with Gasteiger partial charge in [0.05, 0.1) is 27.4 Å². The van der Waals surface area contributed by atoms with Crippen molar-refractivity contribution < 1.29 is 37.7 Å². The van der Waals surface area contributed by atoms with Crippen LogP contribution in [0, 0.1) is 23.0 Å². The number of halogens is 3. The van der Waals surface area contributed by atoms with Gasteiger partial charge in [-0.05, 0) is 83.5 Å². The number of ether oxygens (including phenoxy) is 3. The van der Waals surface area contributed by atoms with Crippen molar-refractivity contribution in [3.63, 3.8) is 0 Å². The molecule has 16 heteroatoms. The number of carboxylic acids is 1. The number of anilines is 1. The number of aromatic nitrogens is 2. The average Bonchev–Trinajstić information content (AvgIpc) is 3.86. The predicted molar refractivity (Wildman–Crippen MR) is 209 cm³/mol. The standard InChI is InChI=1S/C40H45ClF2N6O6S/c1-40(2,3)55-39(52)49-24-9-10-25(49)20-48(19-24)37-28-17-29(41)33(27-11-12-30(42)36-32(27)23(18-44)22-56-36)34(43)35(28)45-38(46-37)54-21-26-7-4-13-47(26)14-6-16-53-15-5-8-31(50)51/h11-12,17,22,24-26H,4-10,13-16,19-21H2,1-3H3,(H,50,51)/t24?,25?,26-/m0/s1. The van der Waals surface area contributed by atoms with Crippen molar-refractivity contribution in [2.75, 3.05) is 50.9 Å². The van der Waals surface area contributed by atoms with Crippen molar-refractivity contribution in [3.05, 3.63) is 45.8 Å². The van der Waals surface area contributed by atoms with Crippen LogP contribution < -0.4 is 9.64 Å². The van der Waals surface area contributed by atoms with Crippen LogP contribution >= 0.6 is 22.9 Å². The van der Waals surface area contributed by atoms with Crippen LogP contribution in [-0.4, -0.2) is 107 Å². The first kappa shape index (κ1) is 39.9. The number of hydrogen-bond acceptors (Lipinski definition) is 11. The number of carbonyl (C=O) groups is 2. The van der Waals surface area contributed by atoms with Gasteiger partial charge in [-0.2, -0.15) is 15.2 Å². The molecule has 3 saturated heterocycles. The monoisotopic (exact) mass is 810 g/mol. The van der Waals surface area contributed by atoms with Gasteiger partial charge in [-0.3, -0.25) is 14.6 Å². The van der Waals surface area contributed by atoms with Gasteiger partial charge in [-0.15, -0.1) is 11.3 Å². The first-order valence-corrected chi connectivity index (χ1v) is 20.3. The van der Waals surface area contributed by atoms with Gasteiger partial charge < -0.3 is 24.2 Å². The molecule has 3 fully saturated rings. The second-order valence-electron chi connectivity index (χ2n) is 15.6. The smallest absolute Gasteiger partial charge is 0.410 e. The van der Waals surface area contributed by atoms with E-state index < -0.39 is 23.2 Å². The minimum absolute atomic E-state index is 0.00312. The molecule has 12 nitrogen and oxygen atoms in total. The number of benzene rings is 2. The Morgan fingerprint density at radius 1 is 1.11 bits per heavy atom. The van der Waals surface area contributed by atoms with E-state index in [2.05, 4.69) is 16.0 Å². The number of nitriles is 1. The Morgan fingerprint density at radius 2 is 1.86 bits per heavy atom. The Balaban J connectivity index is 1.20. The average molecular weight is 811 g/mol. The fourth-order valence-electron chi connectivity index (χ4n) is 8.15. The molecule has 0 spiro atoms. The number of thiophene rings is 1. The van der Waals surface area contributed by atoms with Crippen LogP contribution in [0.3, 0.4) is 0 Å². The molecular weight excluding hydrogens is 766 g/mol. The van der Waals surface area contributed by atoms with Crippen molar-refractivity contribution in [2.24, 2.45) is 0 Å². The summed E-state index contributed by atoms with van der Waals surface area (Å²) in [7, 11) is 0. The summed E-state index contributed by atoms with van der Waals surface area (Å²) in [6.07, 6.45) is 4.41. The van der Waals surface area contributed by atoms with E-state index in [0.717, 1.165) is 56.5 Å². The summed E-state index contributed by atoms with van der Waals surface area (Å²) in [5, 5.41) is 20.9. The first-order valence-electron chi connectivity index (χ1n) is 19.1. The Kier molecular flexibility index (Phi) is 11.8. The molecule has 5 heterocycles. The maximum atomic E-state index is 17.2. The molecule has 56 heavy (non-hydrogen) atoms. The summed E-state index contributed by atoms with van der Waals surface area (Å²) in [5.41, 5.74) is -0.180. The van der Waals surface area contributed by atoms with Crippen LogP contribution in [0.25, 0.3) is 32.1 Å². The van der Waals surface area contributed by atoms with Crippen LogP contribution in [0.4, 0.5) is 19.4 Å². The predicted octanol–water partition coefficient (Wildman–Crippen LogP) is 8.02. The minimum Gasteiger partial charge on any atom is -0.481 e. The molecule has 0 radical (unpaired) electrons. The number of likely N-dealkylation sites (tertiary alicyclic amines) is 1. The van der Waals surface area contributed by atoms with Crippen molar-refractivity contribution in [1.29, 1.82) is 5.26 Å². The summed E-state index contributed by atoms with van der Waals surface area (Å²) in [6.45, 7) is 9.23. The largest absolute Gasteiger partial charge is 0.481 e. The van der Waals surface area contributed by atoms with Crippen LogP contribution in [0.1, 0.15) is 71.3 Å². The van der Waals surface area contributed by atoms with E-state index in [1.54, 1.807) is 11.4 Å². The topological polar surface area (TPSA) is 141 Å². The summed E-state index contributed by atoms with van der Waals surface area (Å²) in [5.74, 6) is -1.67. The molecule has 298 valence electrons. The Bertz CT molecular complexity index is 2160. The van der Waals surface area contributed by atoms with Gasteiger partial charge in [-0.1, -0.05) is 17.7 Å². The van der Waals surface area contributed by atoms with Crippen LogP contribution in [0.2, 0.25) is 5.02 Å². The highest BCUT2D eigenvalue weighted by Gasteiger charge is 2.45. The van der Waals surface area contributed by atoms with Gasteiger partial charge in [0.2, 0.25) is 0 Å². The number of piperazine rings is 1. The lowest BCUT2D eigenvalue weighted by Gasteiger charge is -2.42. The summed E-state index contributed by atoms with van der Waals surface area (Å²) >= 11 is 7.99. The highest BCUT2D eigenvalue weighted by molar-refractivity contribution is 7.17. The van der Waals surface area contributed by atoms with E-state index in [9.17, 15) is 19.2 Å². The van der Waals surface area contributed by atoms with Crippen molar-refractivity contribution in [1.82, 2.24) is 19.8 Å². The van der Waals surface area contributed by atoms with Gasteiger partial charge in [0.15, 0.2) is 5.82 Å². The number of rotatable bonds is 13. The molecule has 1 N–H and O–H groups in total. The Hall–Kier alpha value is -4.36. The molecule has 4 aromatic rings. The maximum Gasteiger partial charge on any atom is 0.410 e. The molecule has 2 aromatic heterocycles. The highest BCUT2D eigenvalue weighted by Crippen LogP contribution is 2.44. The zero-order valence-corrected chi connectivity index (χ0v) is 33.2. The fourth-order valence-corrected chi connectivity index (χ4v) is 9.37. The van der Waals surface area contributed by atoms with E-state index in [1.165, 1.54) is 12.1 Å². The molecular formula is C40H45ClF2N6O6S. The molecule has 0 saturated carbocycles. The zero-order valence-electron chi connectivity index (χ0n) is 31.7. The quantitative estimate of drug-likeness (QED) is 0.131. The lowest BCUT2D eigenvalue weighted by atomic mass is 9.97. The van der Waals surface area contributed by atoms with E-state index in [0.29, 0.717) is 43.9 Å². The highest BCUT2D eigenvalue weighted by atomic mass is 35.5. The third-order valence-corrected chi connectivity index (χ3v) is 11.9. The van der Waals surface area contributed by atoms with E-state index >= 15 is 4.39 Å². The molecule has 3 aliphatic heterocycles. The van der Waals surface area contributed by atoms with E-state index in [-0.39, 0.29) is 80.6 Å². The summed E-state index contributed by atoms with van der Waals surface area (Å²) in [4.78, 5) is 39.7. The third-order valence-electron chi connectivity index (χ3n) is 10.6. The van der Waals surface area contributed by atoms with Crippen molar-refractivity contribution >= 4 is 61.8 Å². The van der Waals surface area contributed by atoms with Gasteiger partial charge in [0, 0.05) is 67.0 Å². The molecule has 0 aliphatic carbocycles. The molecule has 1 amide bonds. The molecule has 2 aromatic carbocycles. The van der Waals surface area contributed by atoms with Crippen molar-refractivity contribution in [3.8, 4) is 23.2 Å². The number of hydrogen-bond donors (Lipinski definition) is 1. The minimum atomic E-state index is -0.835. The van der Waals surface area contributed by atoms with Crippen LogP contribution in [0.5, 0.6) is 6.01 Å². The molecule has 7 rings (SSSR count). The lowest BCUT2D eigenvalue weighted by Crippen LogP contribution is -2.57. The van der Waals surface area contributed by atoms with Gasteiger partial charge in [0.1, 0.15) is 35.4 Å². The normalized spacial score (nSPS) is 19.9. The second kappa shape index (κ2) is 16.6. The number of nitrogens with zero attached hydrogens (tertiary/aromatic N) is 6. The van der Waals surface area contributed by atoms with E-state index in [1.807, 2.05) is 30.6 Å². The van der Waals surface area contributed by atoms with Gasteiger partial charge >= 0.3 is 18.1 Å². The third kappa shape index (κ3) is 8.34. The van der Waals surface area contributed by atoms with Crippen LogP contribution in [-0.2, 0) is 14.3 Å². The number of carbonyl (C=O) groups excluding carboxylic acids is 1. The molecule has 2 unspecified atom stereocenters. The fraction of sp³-hybridized carbons (Fsp3) is 0.525.